The molecule has 0 saturated carbocycles. The number of fused-ring (bicyclic) bond motifs is 5. The zero-order chi connectivity index (χ0) is 23.7. The third-order valence-electron chi connectivity index (χ3n) is 6.04. The Hall–Kier alpha value is -3.23. The van der Waals surface area contributed by atoms with Gasteiger partial charge in [-0.1, -0.05) is 6.92 Å². The van der Waals surface area contributed by atoms with Crippen LogP contribution < -0.4 is 10.9 Å². The minimum atomic E-state index is -2.38. The van der Waals surface area contributed by atoms with Crippen molar-refractivity contribution < 1.29 is 23.9 Å². The minimum Gasteiger partial charge on any atom is -0.508 e. The van der Waals surface area contributed by atoms with Crippen LogP contribution in [0.5, 0.6) is 5.75 Å². The zero-order valence-corrected chi connectivity index (χ0v) is 16.2. The highest BCUT2D eigenvalue weighted by molar-refractivity contribution is 5.89. The Kier molecular flexibility index (Phi) is 3.32. The van der Waals surface area contributed by atoms with Gasteiger partial charge in [0.05, 0.1) is 29.0 Å². The molecule has 0 saturated heterocycles. The van der Waals surface area contributed by atoms with Gasteiger partial charge < -0.3 is 24.8 Å². The largest absolute Gasteiger partial charge is 0.508 e. The lowest BCUT2D eigenvalue weighted by Crippen LogP contribution is -2.44. The molecule has 4 heterocycles. The summed E-state index contributed by atoms with van der Waals surface area (Å²) >= 11 is 0. The lowest BCUT2D eigenvalue weighted by atomic mass is 9.86. The van der Waals surface area contributed by atoms with Gasteiger partial charge in [0, 0.05) is 32.7 Å². The number of aromatic nitrogens is 2. The summed E-state index contributed by atoms with van der Waals surface area (Å²) in [6, 6.07) is 6.47. The first-order valence-electron chi connectivity index (χ1n) is 11.1. The molecule has 3 aromatic rings. The van der Waals surface area contributed by atoms with Crippen molar-refractivity contribution in [3.8, 4) is 17.1 Å². The van der Waals surface area contributed by atoms with Crippen LogP contribution in [0.2, 0.25) is 0 Å². The van der Waals surface area contributed by atoms with E-state index in [-0.39, 0.29) is 48.6 Å². The molecular weight excluding hydrogens is 387 g/mol. The fourth-order valence-electron chi connectivity index (χ4n) is 4.37. The second-order valence-corrected chi connectivity index (χ2v) is 7.58. The molecule has 1 atom stereocenters. The van der Waals surface area contributed by atoms with Gasteiger partial charge >= 0.3 is 5.97 Å². The maximum absolute atomic E-state index is 13.2. The number of pyridine rings is 2. The van der Waals surface area contributed by atoms with Gasteiger partial charge in [-0.25, -0.2) is 9.78 Å². The predicted molar refractivity (Wildman–Crippen MR) is 109 cm³/mol. The van der Waals surface area contributed by atoms with Gasteiger partial charge in [0.2, 0.25) is 0 Å². The topological polar surface area (TPSA) is 114 Å². The number of hydrogen-bond donors (Lipinski definition) is 3. The Balaban J connectivity index is 1.69. The Morgan fingerprint density at radius 2 is 2.20 bits per heavy atom. The minimum absolute atomic E-state index is 0.0544. The van der Waals surface area contributed by atoms with Crippen molar-refractivity contribution in [2.45, 2.75) is 38.6 Å². The smallest absolute Gasteiger partial charge is 0.343 e. The van der Waals surface area contributed by atoms with Crippen molar-refractivity contribution in [3.05, 3.63) is 56.9 Å². The van der Waals surface area contributed by atoms with Gasteiger partial charge in [-0.05, 0) is 37.7 Å². The van der Waals surface area contributed by atoms with E-state index in [1.54, 1.807) is 25.1 Å². The molecule has 0 aliphatic carbocycles. The maximum Gasteiger partial charge on any atom is 0.343 e. The fraction of sp³-hybridized carbons (Fsp3) is 0.318. The summed E-state index contributed by atoms with van der Waals surface area (Å²) in [6.45, 7) is -0.830. The summed E-state index contributed by atoms with van der Waals surface area (Å²) in [4.78, 5) is 30.2. The number of aliphatic hydroxyl groups is 1. The number of esters is 1. The van der Waals surface area contributed by atoms with Crippen LogP contribution in [-0.2, 0) is 34.8 Å². The number of aromatic hydroxyl groups is 1. The second kappa shape index (κ2) is 6.38. The van der Waals surface area contributed by atoms with E-state index in [1.807, 2.05) is 0 Å². The molecule has 0 amide bonds. The number of benzene rings is 1. The first-order valence-corrected chi connectivity index (χ1v) is 9.60. The number of ether oxygens (including phenoxy) is 1. The number of hydrogen-bond acceptors (Lipinski definition) is 7. The average Bonchev–Trinajstić information content (AvgIpc) is 3.12. The van der Waals surface area contributed by atoms with E-state index in [1.165, 1.54) is 10.6 Å². The molecule has 1 aromatic carbocycles. The first kappa shape index (κ1) is 15.6. The summed E-state index contributed by atoms with van der Waals surface area (Å²) in [5.41, 5.74) is 0.819. The summed E-state index contributed by atoms with van der Waals surface area (Å²) in [5.74, 6) is -0.846. The molecule has 0 fully saturated rings. The highest BCUT2D eigenvalue weighted by Crippen LogP contribution is 2.39. The van der Waals surface area contributed by atoms with Crippen LogP contribution in [-0.4, -0.2) is 32.7 Å². The lowest BCUT2D eigenvalue weighted by molar-refractivity contribution is -0.172. The van der Waals surface area contributed by atoms with Crippen LogP contribution in [0.3, 0.4) is 0 Å². The molecule has 2 aromatic heterocycles. The number of carbonyl (C=O) groups excluding carboxylic acids is 1. The molecule has 154 valence electrons. The van der Waals surface area contributed by atoms with E-state index >= 15 is 0 Å². The maximum atomic E-state index is 13.2. The lowest BCUT2D eigenvalue weighted by Gasteiger charge is -2.31. The Labute approximate surface area is 176 Å². The highest BCUT2D eigenvalue weighted by Gasteiger charge is 2.45. The van der Waals surface area contributed by atoms with Gasteiger partial charge in [-0.3, -0.25) is 4.79 Å². The molecule has 5 rings (SSSR count). The number of phenolic OH excluding ortho intramolecular Hbond substituents is 1. The van der Waals surface area contributed by atoms with Crippen LogP contribution in [0, 0.1) is 0 Å². The quantitative estimate of drug-likeness (QED) is 0.346. The van der Waals surface area contributed by atoms with Crippen molar-refractivity contribution in [1.29, 1.82) is 0 Å². The molecule has 0 bridgehead atoms. The van der Waals surface area contributed by atoms with E-state index < -0.39 is 18.5 Å². The Morgan fingerprint density at radius 1 is 1.37 bits per heavy atom. The third kappa shape index (κ3) is 2.37. The van der Waals surface area contributed by atoms with Crippen LogP contribution in [0.15, 0.2) is 29.1 Å². The predicted octanol–water partition coefficient (Wildman–Crippen LogP) is 1.50. The highest BCUT2D eigenvalue weighted by atomic mass is 16.6. The van der Waals surface area contributed by atoms with E-state index in [0.717, 1.165) is 0 Å². The van der Waals surface area contributed by atoms with E-state index in [9.17, 15) is 19.8 Å². The SMILES string of the molecule is [2H][13C]([2H])([2H])NCc1c(O)ccc2nc3c(cc12)Cn1c-3cc2c(c1=O)COC(=O)[C@]2(O)CC. The van der Waals surface area contributed by atoms with Gasteiger partial charge in [-0.2, -0.15) is 0 Å². The first-order chi connectivity index (χ1) is 15.5. The van der Waals surface area contributed by atoms with Crippen LogP contribution >= 0.6 is 0 Å². The second-order valence-electron chi connectivity index (χ2n) is 7.58. The van der Waals surface area contributed by atoms with Crippen molar-refractivity contribution in [2.75, 3.05) is 6.98 Å². The molecule has 3 N–H and O–H groups in total. The molecule has 8 heteroatoms. The van der Waals surface area contributed by atoms with E-state index in [0.29, 0.717) is 33.4 Å². The monoisotopic (exact) mass is 411 g/mol. The molecule has 30 heavy (non-hydrogen) atoms. The number of rotatable bonds is 3. The third-order valence-corrected chi connectivity index (χ3v) is 6.04. The number of cyclic esters (lactones) is 1. The summed E-state index contributed by atoms with van der Waals surface area (Å²) in [6.07, 6.45) is 0.0544. The molecule has 2 aliphatic heterocycles. The van der Waals surface area contributed by atoms with Crippen molar-refractivity contribution in [2.24, 2.45) is 0 Å². The number of nitrogens with zero attached hydrogens (tertiary/aromatic N) is 2. The normalized spacial score (nSPS) is 21.3. The number of phenols is 1. The summed E-state index contributed by atoms with van der Waals surface area (Å²) in [5, 5.41) is 24.3. The summed E-state index contributed by atoms with van der Waals surface area (Å²) in [7, 11) is 0. The van der Waals surface area contributed by atoms with Crippen molar-refractivity contribution in [1.82, 2.24) is 14.9 Å². The van der Waals surface area contributed by atoms with Gasteiger partial charge in [0.25, 0.3) is 5.56 Å². The van der Waals surface area contributed by atoms with Gasteiger partial charge in [0.15, 0.2) is 5.60 Å². The standard InChI is InChI=1S/C22H21N3O5/c1-3-22(29)15-7-17-19-11(9-25(17)20(27)14(15)10-30-21(22)28)6-12-13(8-23-2)18(26)5-4-16(12)24-19/h4-7,23,26,29H,3,8-10H2,1-2H3/t22-/m0/s1/i2+1D3. The average molecular weight is 411 g/mol. The fourth-order valence-corrected chi connectivity index (χ4v) is 4.37. The molecule has 0 radical (unpaired) electrons. The van der Waals surface area contributed by atoms with Crippen LogP contribution in [0.4, 0.5) is 0 Å². The number of carbonyl (C=O) groups is 1. The van der Waals surface area contributed by atoms with E-state index in [4.69, 9.17) is 8.85 Å². The van der Waals surface area contributed by atoms with Gasteiger partial charge in [-0.15, -0.1) is 0 Å². The molecule has 0 unspecified atom stereocenters. The van der Waals surface area contributed by atoms with Gasteiger partial charge in [0.1, 0.15) is 12.4 Å². The Bertz CT molecular complexity index is 1400. The Morgan fingerprint density at radius 3 is 2.97 bits per heavy atom. The van der Waals surface area contributed by atoms with Crippen molar-refractivity contribution >= 4 is 16.9 Å². The number of nitrogens with one attached hydrogen (secondary N) is 1. The molecule has 0 spiro atoms. The molecule has 8 nitrogen and oxygen atoms in total. The molecule has 2 aliphatic rings. The van der Waals surface area contributed by atoms with Crippen LogP contribution in [0.25, 0.3) is 22.3 Å². The van der Waals surface area contributed by atoms with Crippen LogP contribution in [0.1, 0.15) is 39.7 Å². The van der Waals surface area contributed by atoms with Crippen molar-refractivity contribution in [3.63, 3.8) is 0 Å². The molecular formula is C22H21N3O5. The zero-order valence-electron chi connectivity index (χ0n) is 19.2. The van der Waals surface area contributed by atoms with E-state index in [2.05, 4.69) is 10.3 Å². The summed E-state index contributed by atoms with van der Waals surface area (Å²) < 4.78 is 28.7.